The van der Waals surface area contributed by atoms with E-state index in [0.717, 1.165) is 33.5 Å². The van der Waals surface area contributed by atoms with E-state index in [1.807, 2.05) is 24.3 Å². The Balaban J connectivity index is 1.71. The van der Waals surface area contributed by atoms with Gasteiger partial charge in [-0.15, -0.1) is 0 Å². The van der Waals surface area contributed by atoms with Gasteiger partial charge in [-0.05, 0) is 52.2 Å². The molecular formula is C15H13BrN2O2. The van der Waals surface area contributed by atoms with Crippen LogP contribution in [0.15, 0.2) is 41.1 Å². The van der Waals surface area contributed by atoms with Crippen LogP contribution >= 0.6 is 15.9 Å². The average Bonchev–Trinajstić information content (AvgIpc) is 2.45. The van der Waals surface area contributed by atoms with Gasteiger partial charge in [0.25, 0.3) is 0 Å². The second kappa shape index (κ2) is 5.63. The van der Waals surface area contributed by atoms with Gasteiger partial charge in [-0.3, -0.25) is 9.78 Å². The summed E-state index contributed by atoms with van der Waals surface area (Å²) >= 11 is 3.39. The van der Waals surface area contributed by atoms with E-state index in [1.165, 1.54) is 0 Å². The van der Waals surface area contributed by atoms with E-state index in [1.54, 1.807) is 12.4 Å². The lowest BCUT2D eigenvalue weighted by atomic mass is 10.0. The second-order valence-corrected chi connectivity index (χ2v) is 5.58. The van der Waals surface area contributed by atoms with Gasteiger partial charge in [0, 0.05) is 34.5 Å². The molecule has 1 aliphatic rings. The molecule has 20 heavy (non-hydrogen) atoms. The molecule has 1 aliphatic heterocycles. The van der Waals surface area contributed by atoms with Crippen LogP contribution < -0.4 is 10.1 Å². The van der Waals surface area contributed by atoms with Gasteiger partial charge in [0.2, 0.25) is 5.91 Å². The van der Waals surface area contributed by atoms with Crippen LogP contribution in [0.2, 0.25) is 0 Å². The average molecular weight is 333 g/mol. The normalized spacial score (nSPS) is 13.6. The quantitative estimate of drug-likeness (QED) is 0.938. The van der Waals surface area contributed by atoms with E-state index >= 15 is 0 Å². The van der Waals surface area contributed by atoms with E-state index in [0.29, 0.717) is 13.0 Å². The molecule has 0 radical (unpaired) electrons. The van der Waals surface area contributed by atoms with Crippen molar-refractivity contribution < 1.29 is 9.53 Å². The molecule has 4 nitrogen and oxygen atoms in total. The maximum Gasteiger partial charge on any atom is 0.224 e. The molecular weight excluding hydrogens is 320 g/mol. The number of aromatic nitrogens is 1. The first-order chi connectivity index (χ1) is 9.70. The number of rotatable bonds is 3. The van der Waals surface area contributed by atoms with Crippen molar-refractivity contribution >= 4 is 27.5 Å². The molecule has 2 aromatic rings. The van der Waals surface area contributed by atoms with Crippen LogP contribution in [0.1, 0.15) is 17.5 Å². The highest BCUT2D eigenvalue weighted by molar-refractivity contribution is 9.10. The second-order valence-electron chi connectivity index (χ2n) is 4.67. The smallest absolute Gasteiger partial charge is 0.224 e. The molecule has 3 rings (SSSR count). The highest BCUT2D eigenvalue weighted by Gasteiger charge is 2.14. The topological polar surface area (TPSA) is 51.2 Å². The number of anilines is 1. The Hall–Kier alpha value is -1.88. The fourth-order valence-electron chi connectivity index (χ4n) is 2.15. The predicted molar refractivity (Wildman–Crippen MR) is 79.7 cm³/mol. The lowest BCUT2D eigenvalue weighted by Crippen LogP contribution is -2.18. The molecule has 0 bridgehead atoms. The van der Waals surface area contributed by atoms with Gasteiger partial charge in [0.05, 0.1) is 0 Å². The van der Waals surface area contributed by atoms with Gasteiger partial charge >= 0.3 is 0 Å². The van der Waals surface area contributed by atoms with Gasteiger partial charge in [-0.2, -0.15) is 0 Å². The lowest BCUT2D eigenvalue weighted by molar-refractivity contribution is -0.116. The number of pyridine rings is 1. The van der Waals surface area contributed by atoms with Crippen molar-refractivity contribution in [1.29, 1.82) is 0 Å². The molecule has 2 heterocycles. The first-order valence-corrected chi connectivity index (χ1v) is 7.15. The van der Waals surface area contributed by atoms with Gasteiger partial charge in [-0.1, -0.05) is 0 Å². The molecule has 0 fully saturated rings. The first kappa shape index (κ1) is 13.1. The number of nitrogens with zero attached hydrogens (tertiary/aromatic N) is 1. The Morgan fingerprint density at radius 3 is 3.00 bits per heavy atom. The summed E-state index contributed by atoms with van der Waals surface area (Å²) in [6.45, 7) is 0.470. The van der Waals surface area contributed by atoms with Crippen molar-refractivity contribution in [2.45, 2.75) is 19.4 Å². The first-order valence-electron chi connectivity index (χ1n) is 6.36. The zero-order valence-corrected chi connectivity index (χ0v) is 12.3. The number of carbonyl (C=O) groups is 1. The molecule has 0 unspecified atom stereocenters. The summed E-state index contributed by atoms with van der Waals surface area (Å²) in [4.78, 5) is 15.4. The number of carbonyl (C=O) groups excluding carboxylic acids is 1. The maximum atomic E-state index is 11.3. The Morgan fingerprint density at radius 1 is 1.25 bits per heavy atom. The van der Waals surface area contributed by atoms with Crippen molar-refractivity contribution in [2.24, 2.45) is 0 Å². The molecule has 5 heteroatoms. The summed E-state index contributed by atoms with van der Waals surface area (Å²) in [5.74, 6) is 0.881. The molecule has 1 amide bonds. The van der Waals surface area contributed by atoms with E-state index in [2.05, 4.69) is 26.2 Å². The monoisotopic (exact) mass is 332 g/mol. The third-order valence-corrected chi connectivity index (χ3v) is 3.57. The summed E-state index contributed by atoms with van der Waals surface area (Å²) in [5.41, 5.74) is 3.01. The van der Waals surface area contributed by atoms with Crippen molar-refractivity contribution in [3.63, 3.8) is 0 Å². The molecule has 0 saturated heterocycles. The van der Waals surface area contributed by atoms with E-state index in [4.69, 9.17) is 4.74 Å². The van der Waals surface area contributed by atoms with Crippen LogP contribution in [0.25, 0.3) is 0 Å². The molecule has 0 atom stereocenters. The third kappa shape index (κ3) is 2.99. The summed E-state index contributed by atoms with van der Waals surface area (Å²) in [6.07, 6.45) is 4.82. The molecule has 0 aliphatic carbocycles. The number of hydrogen-bond acceptors (Lipinski definition) is 3. The molecule has 1 aromatic carbocycles. The largest absolute Gasteiger partial charge is 0.489 e. The third-order valence-electron chi connectivity index (χ3n) is 3.14. The van der Waals surface area contributed by atoms with Crippen LogP contribution in [0, 0.1) is 0 Å². The van der Waals surface area contributed by atoms with Gasteiger partial charge in [0.15, 0.2) is 0 Å². The number of hydrogen-bond donors (Lipinski definition) is 1. The summed E-state index contributed by atoms with van der Waals surface area (Å²) in [7, 11) is 0. The van der Waals surface area contributed by atoms with Crippen molar-refractivity contribution in [2.75, 3.05) is 5.32 Å². The minimum atomic E-state index is 0.0754. The van der Waals surface area contributed by atoms with Crippen LogP contribution in [-0.4, -0.2) is 10.9 Å². The number of aryl methyl sites for hydroxylation is 1. The molecule has 1 N–H and O–H groups in total. The molecule has 0 spiro atoms. The number of fused-ring (bicyclic) bond motifs is 1. The Bertz CT molecular complexity index is 658. The highest BCUT2D eigenvalue weighted by atomic mass is 79.9. The zero-order chi connectivity index (χ0) is 13.9. The van der Waals surface area contributed by atoms with E-state index < -0.39 is 0 Å². The maximum absolute atomic E-state index is 11.3. The van der Waals surface area contributed by atoms with Gasteiger partial charge in [-0.25, -0.2) is 0 Å². The van der Waals surface area contributed by atoms with E-state index in [-0.39, 0.29) is 5.91 Å². The Morgan fingerprint density at radius 2 is 2.15 bits per heavy atom. The fourth-order valence-corrected chi connectivity index (χ4v) is 2.56. The number of nitrogens with one attached hydrogen (secondary N) is 1. The standard InChI is InChI=1S/C15H13BrN2O2/c16-12-5-10(7-17-8-12)9-20-13-2-3-14-11(6-13)1-4-15(19)18-14/h2-3,5-8H,1,4,9H2,(H,18,19). The van der Waals surface area contributed by atoms with Gasteiger partial charge in [0.1, 0.15) is 12.4 Å². The summed E-state index contributed by atoms with van der Waals surface area (Å²) in [5, 5.41) is 2.86. The molecule has 102 valence electrons. The number of benzene rings is 1. The number of ether oxygens (including phenoxy) is 1. The van der Waals surface area contributed by atoms with Crippen LogP contribution in [0.4, 0.5) is 5.69 Å². The van der Waals surface area contributed by atoms with Crippen LogP contribution in [0.3, 0.4) is 0 Å². The number of amides is 1. The Labute approximate surface area is 125 Å². The zero-order valence-electron chi connectivity index (χ0n) is 10.7. The summed E-state index contributed by atoms with van der Waals surface area (Å²) in [6, 6.07) is 7.72. The van der Waals surface area contributed by atoms with Crippen molar-refractivity contribution in [3.05, 3.63) is 52.3 Å². The summed E-state index contributed by atoms with van der Waals surface area (Å²) < 4.78 is 6.70. The minimum absolute atomic E-state index is 0.0754. The van der Waals surface area contributed by atoms with Gasteiger partial charge < -0.3 is 10.1 Å². The Kier molecular flexibility index (Phi) is 3.69. The van der Waals surface area contributed by atoms with Crippen molar-refractivity contribution in [1.82, 2.24) is 4.98 Å². The lowest BCUT2D eigenvalue weighted by Gasteiger charge is -2.17. The van der Waals surface area contributed by atoms with Crippen LogP contribution in [0.5, 0.6) is 5.75 Å². The fraction of sp³-hybridized carbons (Fsp3) is 0.200. The predicted octanol–water partition coefficient (Wildman–Crippen LogP) is 3.31. The molecule has 1 aromatic heterocycles. The van der Waals surface area contributed by atoms with E-state index in [9.17, 15) is 4.79 Å². The highest BCUT2D eigenvalue weighted by Crippen LogP contribution is 2.27. The van der Waals surface area contributed by atoms with Crippen LogP contribution in [-0.2, 0) is 17.8 Å². The van der Waals surface area contributed by atoms with Crippen molar-refractivity contribution in [3.8, 4) is 5.75 Å². The molecule has 0 saturated carbocycles. The number of halogens is 1. The minimum Gasteiger partial charge on any atom is -0.489 e. The SMILES string of the molecule is O=C1CCc2cc(OCc3cncc(Br)c3)ccc2N1.